The third-order valence-corrected chi connectivity index (χ3v) is 4.27. The molecule has 0 aliphatic heterocycles. The normalized spacial score (nSPS) is 10.7. The van der Waals surface area contributed by atoms with Crippen molar-refractivity contribution in [2.24, 2.45) is 0 Å². The lowest BCUT2D eigenvalue weighted by Crippen LogP contribution is -2.26. The summed E-state index contributed by atoms with van der Waals surface area (Å²) in [6.45, 7) is -2.82. The van der Waals surface area contributed by atoms with Gasteiger partial charge in [-0.1, -0.05) is 35.3 Å². The van der Waals surface area contributed by atoms with Crippen molar-refractivity contribution >= 4 is 29.1 Å². The van der Waals surface area contributed by atoms with Gasteiger partial charge in [-0.3, -0.25) is 4.79 Å². The van der Waals surface area contributed by atoms with Crippen molar-refractivity contribution in [1.29, 1.82) is 0 Å². The van der Waals surface area contributed by atoms with Crippen LogP contribution >= 0.6 is 23.2 Å². The lowest BCUT2D eigenvalue weighted by atomic mass is 10.1. The van der Waals surface area contributed by atoms with Gasteiger partial charge in [-0.25, -0.2) is 0 Å². The van der Waals surface area contributed by atoms with Crippen LogP contribution in [0.5, 0.6) is 11.5 Å². The number of halogens is 4. The molecule has 0 spiro atoms. The molecule has 0 saturated heterocycles. The molecular weight excluding hydrogens is 375 g/mol. The topological polar surface area (TPSA) is 38.8 Å². The second kappa shape index (κ2) is 8.36. The summed E-state index contributed by atoms with van der Waals surface area (Å²) in [5, 5.41) is 0.748. The van der Waals surface area contributed by atoms with Gasteiger partial charge < -0.3 is 14.4 Å². The molecule has 4 nitrogen and oxygen atoms in total. The molecule has 2 aromatic carbocycles. The number of rotatable bonds is 6. The van der Waals surface area contributed by atoms with Gasteiger partial charge in [-0.15, -0.1) is 0 Å². The number of hydrogen-bond donors (Lipinski definition) is 0. The Kier molecular flexibility index (Phi) is 6.45. The van der Waals surface area contributed by atoms with Gasteiger partial charge in [0.25, 0.3) is 5.91 Å². The Morgan fingerprint density at radius 3 is 2.56 bits per heavy atom. The van der Waals surface area contributed by atoms with Crippen molar-refractivity contribution in [2.75, 3.05) is 14.2 Å². The number of methoxy groups -OCH3 is 1. The second-order valence-electron chi connectivity index (χ2n) is 5.12. The second-order valence-corrected chi connectivity index (χ2v) is 5.90. The molecule has 0 heterocycles. The summed E-state index contributed by atoms with van der Waals surface area (Å²) in [4.78, 5) is 13.9. The lowest BCUT2D eigenvalue weighted by molar-refractivity contribution is -0.0512. The number of amides is 1. The highest BCUT2D eigenvalue weighted by Crippen LogP contribution is 2.30. The standard InChI is InChI=1S/C17H15Cl2F2NO3/c1-22(9-11-4-3-5-12(18)15(11)19)16(23)10-6-7-13(24-2)14(8-10)25-17(20)21/h3-8,17H,9H2,1-2H3. The summed E-state index contributed by atoms with van der Waals surface area (Å²) in [6, 6.07) is 9.19. The first-order chi connectivity index (χ1) is 11.8. The van der Waals surface area contributed by atoms with Crippen LogP contribution in [-0.2, 0) is 6.54 Å². The predicted octanol–water partition coefficient (Wildman–Crippen LogP) is 4.88. The van der Waals surface area contributed by atoms with Gasteiger partial charge in [0.1, 0.15) is 0 Å². The Labute approximate surface area is 153 Å². The molecule has 0 fully saturated rings. The third kappa shape index (κ3) is 4.74. The highest BCUT2D eigenvalue weighted by atomic mass is 35.5. The van der Waals surface area contributed by atoms with E-state index in [-0.39, 0.29) is 23.6 Å². The zero-order valence-corrected chi connectivity index (χ0v) is 14.9. The molecule has 25 heavy (non-hydrogen) atoms. The van der Waals surface area contributed by atoms with Crippen molar-refractivity contribution in [3.05, 3.63) is 57.6 Å². The molecule has 134 valence electrons. The monoisotopic (exact) mass is 389 g/mol. The van der Waals surface area contributed by atoms with Crippen molar-refractivity contribution in [2.45, 2.75) is 13.2 Å². The highest BCUT2D eigenvalue weighted by Gasteiger charge is 2.18. The number of alkyl halides is 2. The molecule has 0 radical (unpaired) electrons. The minimum absolute atomic E-state index is 0.109. The zero-order valence-electron chi connectivity index (χ0n) is 13.4. The quantitative estimate of drug-likeness (QED) is 0.706. The van der Waals surface area contributed by atoms with Crippen molar-refractivity contribution in [3.63, 3.8) is 0 Å². The van der Waals surface area contributed by atoms with Crippen LogP contribution in [0.25, 0.3) is 0 Å². The van der Waals surface area contributed by atoms with E-state index in [2.05, 4.69) is 4.74 Å². The van der Waals surface area contributed by atoms with E-state index in [0.717, 1.165) is 0 Å². The Morgan fingerprint density at radius 1 is 1.20 bits per heavy atom. The first-order valence-corrected chi connectivity index (χ1v) is 7.90. The molecule has 2 rings (SSSR count). The fraction of sp³-hybridized carbons (Fsp3) is 0.235. The van der Waals surface area contributed by atoms with Gasteiger partial charge in [0, 0.05) is 19.2 Å². The fourth-order valence-electron chi connectivity index (χ4n) is 2.22. The van der Waals surface area contributed by atoms with E-state index >= 15 is 0 Å². The average Bonchev–Trinajstić information content (AvgIpc) is 2.57. The van der Waals surface area contributed by atoms with Crippen LogP contribution < -0.4 is 9.47 Å². The van der Waals surface area contributed by atoms with Gasteiger partial charge in [0.15, 0.2) is 11.5 Å². The van der Waals surface area contributed by atoms with Crippen LogP contribution in [0, 0.1) is 0 Å². The van der Waals surface area contributed by atoms with E-state index in [1.54, 1.807) is 25.2 Å². The number of benzene rings is 2. The summed E-state index contributed by atoms with van der Waals surface area (Å²) < 4.78 is 34.3. The van der Waals surface area contributed by atoms with Crippen molar-refractivity contribution in [1.82, 2.24) is 4.90 Å². The molecule has 2 aromatic rings. The average molecular weight is 390 g/mol. The van der Waals surface area contributed by atoms with Gasteiger partial charge >= 0.3 is 6.61 Å². The van der Waals surface area contributed by atoms with E-state index in [0.29, 0.717) is 15.6 Å². The molecule has 8 heteroatoms. The van der Waals surface area contributed by atoms with Gasteiger partial charge in [-0.2, -0.15) is 8.78 Å². The summed E-state index contributed by atoms with van der Waals surface area (Å²) >= 11 is 12.1. The van der Waals surface area contributed by atoms with Gasteiger partial charge in [0.2, 0.25) is 0 Å². The Balaban J connectivity index is 2.22. The third-order valence-electron chi connectivity index (χ3n) is 3.41. The predicted molar refractivity (Wildman–Crippen MR) is 91.9 cm³/mol. The number of hydrogen-bond acceptors (Lipinski definition) is 3. The first kappa shape index (κ1) is 19.3. The van der Waals surface area contributed by atoms with Crippen LogP contribution in [-0.4, -0.2) is 31.6 Å². The molecule has 0 bridgehead atoms. The van der Waals surface area contributed by atoms with E-state index in [1.165, 1.54) is 30.2 Å². The summed E-state index contributed by atoms with van der Waals surface area (Å²) in [5.41, 5.74) is 0.847. The number of ether oxygens (including phenoxy) is 2. The smallest absolute Gasteiger partial charge is 0.387 e. The molecular formula is C17H15Cl2F2NO3. The number of nitrogens with zero attached hydrogens (tertiary/aromatic N) is 1. The van der Waals surface area contributed by atoms with E-state index in [9.17, 15) is 13.6 Å². The maximum atomic E-state index is 12.5. The minimum Gasteiger partial charge on any atom is -0.493 e. The van der Waals surface area contributed by atoms with E-state index in [4.69, 9.17) is 27.9 Å². The van der Waals surface area contributed by atoms with Crippen LogP contribution in [0.2, 0.25) is 10.0 Å². The van der Waals surface area contributed by atoms with Crippen LogP contribution in [0.3, 0.4) is 0 Å². The van der Waals surface area contributed by atoms with Crippen LogP contribution in [0.1, 0.15) is 15.9 Å². The van der Waals surface area contributed by atoms with Crippen molar-refractivity contribution in [3.8, 4) is 11.5 Å². The largest absolute Gasteiger partial charge is 0.493 e. The minimum atomic E-state index is -3.03. The molecule has 0 unspecified atom stereocenters. The lowest BCUT2D eigenvalue weighted by Gasteiger charge is -2.19. The SMILES string of the molecule is COc1ccc(C(=O)N(C)Cc2cccc(Cl)c2Cl)cc1OC(F)F. The molecule has 0 aliphatic rings. The summed E-state index contributed by atoms with van der Waals surface area (Å²) in [7, 11) is 2.89. The van der Waals surface area contributed by atoms with Crippen LogP contribution in [0.4, 0.5) is 8.78 Å². The molecule has 0 N–H and O–H groups in total. The first-order valence-electron chi connectivity index (χ1n) is 7.14. The molecule has 0 saturated carbocycles. The molecule has 1 amide bonds. The highest BCUT2D eigenvalue weighted by molar-refractivity contribution is 6.42. The Bertz CT molecular complexity index is 772. The summed E-state index contributed by atoms with van der Waals surface area (Å²) in [6.07, 6.45) is 0. The number of carbonyl (C=O) groups excluding carboxylic acids is 1. The van der Waals surface area contributed by atoms with Crippen molar-refractivity contribution < 1.29 is 23.0 Å². The molecule has 0 atom stereocenters. The zero-order chi connectivity index (χ0) is 18.6. The Hall–Kier alpha value is -2.05. The van der Waals surface area contributed by atoms with E-state index < -0.39 is 12.5 Å². The number of carbonyl (C=O) groups is 1. The van der Waals surface area contributed by atoms with Gasteiger partial charge in [0.05, 0.1) is 17.2 Å². The molecule has 0 aliphatic carbocycles. The molecule has 0 aromatic heterocycles. The van der Waals surface area contributed by atoms with E-state index in [1.807, 2.05) is 0 Å². The van der Waals surface area contributed by atoms with Gasteiger partial charge in [-0.05, 0) is 29.8 Å². The van der Waals surface area contributed by atoms with Crippen LogP contribution in [0.15, 0.2) is 36.4 Å². The summed E-state index contributed by atoms with van der Waals surface area (Å²) in [5.74, 6) is -0.493. The fourth-order valence-corrected chi connectivity index (χ4v) is 2.60. The maximum Gasteiger partial charge on any atom is 0.387 e. The maximum absolute atomic E-state index is 12.5. The Morgan fingerprint density at radius 2 is 1.92 bits per heavy atom.